The minimum Gasteiger partial charge on any atom is -0.479 e. The molecule has 0 bridgehead atoms. The second-order valence-electron chi connectivity index (χ2n) is 9.15. The molecule has 3 aromatic rings. The number of hydrogen-bond acceptors (Lipinski definition) is 7. The van der Waals surface area contributed by atoms with E-state index in [0.717, 1.165) is 25.1 Å². The first kappa shape index (κ1) is 34.1. The zero-order chi connectivity index (χ0) is 33.3. The number of esters is 1. The van der Waals surface area contributed by atoms with E-state index in [0.29, 0.717) is 0 Å². The monoisotopic (exact) mass is 639 g/mol. The first-order chi connectivity index (χ1) is 21.3. The molecular formula is C29H23F6N3O7. The fraction of sp³-hybridized carbons (Fsp3) is 0.207. The van der Waals surface area contributed by atoms with Gasteiger partial charge in [-0.05, 0) is 31.2 Å². The van der Waals surface area contributed by atoms with E-state index >= 15 is 0 Å². The third-order valence-electron chi connectivity index (χ3n) is 5.93. The van der Waals surface area contributed by atoms with E-state index in [1.807, 2.05) is 5.32 Å². The molecule has 0 radical (unpaired) electrons. The summed E-state index contributed by atoms with van der Waals surface area (Å²) in [7, 11) is 0. The number of ketones is 1. The molecule has 0 saturated carbocycles. The number of benzene rings is 3. The molecule has 0 aliphatic heterocycles. The molecule has 0 spiro atoms. The largest absolute Gasteiger partial charge is 0.479 e. The van der Waals surface area contributed by atoms with Gasteiger partial charge in [-0.2, -0.15) is 8.78 Å². The average molecular weight is 640 g/mol. The van der Waals surface area contributed by atoms with Gasteiger partial charge in [-0.25, -0.2) is 22.4 Å². The van der Waals surface area contributed by atoms with Crippen LogP contribution >= 0.6 is 0 Å². The highest BCUT2D eigenvalue weighted by molar-refractivity contribution is 6.40. The molecular weight excluding hydrogens is 616 g/mol. The number of halogens is 6. The summed E-state index contributed by atoms with van der Waals surface area (Å²) >= 11 is 0. The normalized spacial score (nSPS) is 12.0. The summed E-state index contributed by atoms with van der Waals surface area (Å²) in [6.07, 6.45) is -0.456. The van der Waals surface area contributed by atoms with Crippen molar-refractivity contribution < 1.29 is 59.8 Å². The summed E-state index contributed by atoms with van der Waals surface area (Å²) in [6, 6.07) is 6.98. The molecule has 0 heterocycles. The van der Waals surface area contributed by atoms with Crippen molar-refractivity contribution in [1.29, 1.82) is 0 Å². The molecule has 0 saturated heterocycles. The molecule has 0 aromatic heterocycles. The molecule has 45 heavy (non-hydrogen) atoms. The lowest BCUT2D eigenvalue weighted by Crippen LogP contribution is -2.53. The van der Waals surface area contributed by atoms with Gasteiger partial charge >= 0.3 is 17.8 Å². The van der Waals surface area contributed by atoms with Gasteiger partial charge < -0.3 is 25.4 Å². The number of anilines is 1. The summed E-state index contributed by atoms with van der Waals surface area (Å²) in [5, 5.41) is 5.83. The predicted octanol–water partition coefficient (Wildman–Crippen LogP) is 3.34. The van der Waals surface area contributed by atoms with Crippen molar-refractivity contribution in [2.45, 2.75) is 25.4 Å². The van der Waals surface area contributed by atoms with Crippen LogP contribution in [0.25, 0.3) is 0 Å². The van der Waals surface area contributed by atoms with Gasteiger partial charge in [0.2, 0.25) is 17.5 Å². The Morgan fingerprint density at radius 2 is 1.36 bits per heavy atom. The SMILES string of the molecule is CC(NC(=O)C(=O)Nc1c(F)cccc1F)C(=O)NC(CCOC(=O)c1ccccc1)C(=O)COc1c(F)c(F)cc(F)c1F. The van der Waals surface area contributed by atoms with Gasteiger partial charge in [0.15, 0.2) is 23.2 Å². The summed E-state index contributed by atoms with van der Waals surface area (Å²) in [5.74, 6) is -17.4. The van der Waals surface area contributed by atoms with Crippen LogP contribution < -0.4 is 20.7 Å². The Labute approximate surface area is 250 Å². The topological polar surface area (TPSA) is 140 Å². The zero-order valence-electron chi connectivity index (χ0n) is 23.1. The third-order valence-corrected chi connectivity index (χ3v) is 5.93. The summed E-state index contributed by atoms with van der Waals surface area (Å²) in [6.45, 7) is -0.664. The van der Waals surface area contributed by atoms with E-state index in [2.05, 4.69) is 10.1 Å². The van der Waals surface area contributed by atoms with E-state index in [1.165, 1.54) is 12.1 Å². The van der Waals surface area contributed by atoms with E-state index < -0.39 is 108 Å². The molecule has 0 aliphatic carbocycles. The van der Waals surface area contributed by atoms with Gasteiger partial charge in [-0.1, -0.05) is 24.3 Å². The maximum absolute atomic E-state index is 14.0. The Kier molecular flexibility index (Phi) is 11.6. The van der Waals surface area contributed by atoms with Gasteiger partial charge in [0, 0.05) is 12.5 Å². The van der Waals surface area contributed by atoms with Crippen LogP contribution in [0.15, 0.2) is 54.6 Å². The molecule has 238 valence electrons. The summed E-state index contributed by atoms with van der Waals surface area (Å²) < 4.78 is 92.3. The third kappa shape index (κ3) is 9.04. The molecule has 3 aromatic carbocycles. The van der Waals surface area contributed by atoms with Crippen LogP contribution in [-0.2, 0) is 23.9 Å². The molecule has 3 N–H and O–H groups in total. The molecule has 3 amide bonds. The minimum absolute atomic E-state index is 0.0771. The van der Waals surface area contributed by atoms with Crippen molar-refractivity contribution in [3.05, 3.63) is 95.1 Å². The van der Waals surface area contributed by atoms with Crippen molar-refractivity contribution in [3.63, 3.8) is 0 Å². The fourth-order valence-electron chi connectivity index (χ4n) is 3.57. The van der Waals surface area contributed by atoms with Crippen LogP contribution in [-0.4, -0.2) is 54.8 Å². The second kappa shape index (κ2) is 15.4. The van der Waals surface area contributed by atoms with Gasteiger partial charge in [0.1, 0.15) is 30.0 Å². The van der Waals surface area contributed by atoms with Crippen LogP contribution in [0.2, 0.25) is 0 Å². The van der Waals surface area contributed by atoms with Crippen molar-refractivity contribution >= 4 is 35.2 Å². The lowest BCUT2D eigenvalue weighted by atomic mass is 10.1. The average Bonchev–Trinajstić information content (AvgIpc) is 3.01. The molecule has 2 atom stereocenters. The summed E-state index contributed by atoms with van der Waals surface area (Å²) in [5.41, 5.74) is -0.770. The highest BCUT2D eigenvalue weighted by Crippen LogP contribution is 2.26. The van der Waals surface area contributed by atoms with Crippen LogP contribution in [0.1, 0.15) is 23.7 Å². The second-order valence-corrected chi connectivity index (χ2v) is 9.15. The number of nitrogens with one attached hydrogen (secondary N) is 3. The Balaban J connectivity index is 1.68. The number of rotatable bonds is 12. The standard InChI is InChI=1S/C29H23F6N3O7/c1-14(36-27(41)28(42)38-24-16(30)8-5-9-17(24)31)26(40)37-20(10-11-44-29(43)15-6-3-2-4-7-15)21(39)13-45-25-22(34)18(32)12-19(33)23(25)35/h2-9,12,14,20H,10-11,13H2,1H3,(H,36,41)(H,37,40)(H,38,42). The maximum atomic E-state index is 14.0. The number of hydrogen-bond donors (Lipinski definition) is 3. The number of ether oxygens (including phenoxy) is 2. The number of para-hydroxylation sites is 1. The van der Waals surface area contributed by atoms with E-state index in [9.17, 15) is 50.3 Å². The van der Waals surface area contributed by atoms with Crippen molar-refractivity contribution in [1.82, 2.24) is 10.6 Å². The van der Waals surface area contributed by atoms with Crippen molar-refractivity contribution in [3.8, 4) is 5.75 Å². The minimum atomic E-state index is -1.93. The molecule has 0 aliphatic rings. The molecule has 10 nitrogen and oxygen atoms in total. The van der Waals surface area contributed by atoms with Crippen molar-refractivity contribution in [2.24, 2.45) is 0 Å². The maximum Gasteiger partial charge on any atom is 0.338 e. The number of amides is 3. The zero-order valence-corrected chi connectivity index (χ0v) is 23.1. The predicted molar refractivity (Wildman–Crippen MR) is 143 cm³/mol. The number of Topliss-reactive ketones (excluding diaryl/α,β-unsaturated/α-hetero) is 1. The van der Waals surface area contributed by atoms with Crippen LogP contribution in [0.4, 0.5) is 32.0 Å². The van der Waals surface area contributed by atoms with E-state index in [-0.39, 0.29) is 11.6 Å². The lowest BCUT2D eigenvalue weighted by molar-refractivity contribution is -0.138. The Bertz CT molecular complexity index is 1560. The first-order valence-electron chi connectivity index (χ1n) is 12.9. The number of carbonyl (C=O) groups is 5. The Hall–Kier alpha value is -5.41. The van der Waals surface area contributed by atoms with Crippen LogP contribution in [0.3, 0.4) is 0 Å². The highest BCUT2D eigenvalue weighted by Gasteiger charge is 2.28. The molecule has 0 fully saturated rings. The van der Waals surface area contributed by atoms with Gasteiger partial charge in [0.05, 0.1) is 18.2 Å². The smallest absolute Gasteiger partial charge is 0.338 e. The first-order valence-corrected chi connectivity index (χ1v) is 12.9. The fourth-order valence-corrected chi connectivity index (χ4v) is 3.57. The Morgan fingerprint density at radius 1 is 0.756 bits per heavy atom. The summed E-state index contributed by atoms with van der Waals surface area (Å²) in [4.78, 5) is 62.2. The highest BCUT2D eigenvalue weighted by atomic mass is 19.2. The molecule has 16 heteroatoms. The van der Waals surface area contributed by atoms with Gasteiger partial charge in [0.25, 0.3) is 0 Å². The number of carbonyl (C=O) groups excluding carboxylic acids is 5. The van der Waals surface area contributed by atoms with E-state index in [1.54, 1.807) is 23.5 Å². The van der Waals surface area contributed by atoms with Crippen molar-refractivity contribution in [2.75, 3.05) is 18.5 Å². The quantitative estimate of drug-likeness (QED) is 0.120. The Morgan fingerprint density at radius 3 is 1.96 bits per heavy atom. The van der Waals surface area contributed by atoms with Gasteiger partial charge in [-0.15, -0.1) is 0 Å². The lowest BCUT2D eigenvalue weighted by Gasteiger charge is -2.21. The van der Waals surface area contributed by atoms with Gasteiger partial charge in [-0.3, -0.25) is 19.2 Å². The van der Waals surface area contributed by atoms with Crippen LogP contribution in [0, 0.1) is 34.9 Å². The molecule has 2 unspecified atom stereocenters. The van der Waals surface area contributed by atoms with E-state index in [4.69, 9.17) is 4.74 Å². The van der Waals surface area contributed by atoms with Crippen LogP contribution in [0.5, 0.6) is 5.75 Å². The molecule has 3 rings (SSSR count).